The van der Waals surface area contributed by atoms with Crippen molar-refractivity contribution in [1.29, 1.82) is 0 Å². The molecule has 5 heteroatoms. The second kappa shape index (κ2) is 3.55. The van der Waals surface area contributed by atoms with Crippen LogP contribution < -0.4 is 0 Å². The quantitative estimate of drug-likeness (QED) is 0.746. The van der Waals surface area contributed by atoms with Gasteiger partial charge in [-0.15, -0.1) is 11.3 Å². The molecule has 0 spiro atoms. The number of benzene rings is 1. The highest BCUT2D eigenvalue weighted by atomic mass is 32.1. The number of ether oxygens (including phenoxy) is 1. The number of aromatic nitrogens is 1. The van der Waals surface area contributed by atoms with Crippen molar-refractivity contribution < 1.29 is 14.3 Å². The van der Waals surface area contributed by atoms with E-state index in [-0.39, 0.29) is 17.3 Å². The summed E-state index contributed by atoms with van der Waals surface area (Å²) in [5.41, 5.74) is 3.37. The Balaban J connectivity index is 1.96. The van der Waals surface area contributed by atoms with Crippen LogP contribution in [0.25, 0.3) is 10.2 Å². The molecule has 1 aliphatic heterocycles. The van der Waals surface area contributed by atoms with E-state index in [1.165, 1.54) is 11.3 Å². The number of allylic oxidation sites excluding steroid dienone is 1. The van der Waals surface area contributed by atoms with E-state index in [2.05, 4.69) is 4.98 Å². The van der Waals surface area contributed by atoms with Crippen LogP contribution in [0.5, 0.6) is 0 Å². The van der Waals surface area contributed by atoms with Crippen LogP contribution in [0.2, 0.25) is 0 Å². The SMILES string of the molecule is CC1(C)CC2=C(O1)C(=O)c1cc3scnc3cc1C2=O. The molecule has 1 aromatic carbocycles. The number of carbonyl (C=O) groups is 2. The fourth-order valence-electron chi connectivity index (χ4n) is 2.81. The first-order valence-electron chi connectivity index (χ1n) is 6.35. The smallest absolute Gasteiger partial charge is 0.228 e. The van der Waals surface area contributed by atoms with Crippen molar-refractivity contribution >= 4 is 33.1 Å². The first-order valence-corrected chi connectivity index (χ1v) is 7.23. The standard InChI is InChI=1S/C15H11NO3S/c1-15(2)5-9-12(17)7-3-10-11(20-6-16-10)4-8(7)13(18)14(9)19-15/h3-4,6H,5H2,1-2H3. The van der Waals surface area contributed by atoms with E-state index in [9.17, 15) is 9.59 Å². The second-order valence-corrected chi connectivity index (χ2v) is 6.61. The molecule has 20 heavy (non-hydrogen) atoms. The Hall–Kier alpha value is -2.01. The van der Waals surface area contributed by atoms with Crippen molar-refractivity contribution in [2.24, 2.45) is 0 Å². The maximum atomic E-state index is 12.6. The number of hydrogen-bond acceptors (Lipinski definition) is 5. The van der Waals surface area contributed by atoms with E-state index in [0.29, 0.717) is 23.1 Å². The Morgan fingerprint density at radius 1 is 1.20 bits per heavy atom. The fourth-order valence-corrected chi connectivity index (χ4v) is 3.51. The maximum absolute atomic E-state index is 12.6. The number of rotatable bonds is 0. The minimum Gasteiger partial charge on any atom is -0.483 e. The maximum Gasteiger partial charge on any atom is 0.228 e. The number of nitrogens with zero attached hydrogens (tertiary/aromatic N) is 1. The Kier molecular flexibility index (Phi) is 2.09. The lowest BCUT2D eigenvalue weighted by atomic mass is 9.86. The predicted molar refractivity (Wildman–Crippen MR) is 75.1 cm³/mol. The molecule has 1 aromatic heterocycles. The minimum atomic E-state index is -0.492. The second-order valence-electron chi connectivity index (χ2n) is 5.72. The van der Waals surface area contributed by atoms with E-state index >= 15 is 0 Å². The van der Waals surface area contributed by atoms with Gasteiger partial charge in [-0.2, -0.15) is 0 Å². The molecule has 0 bridgehead atoms. The molecule has 0 saturated heterocycles. The summed E-state index contributed by atoms with van der Waals surface area (Å²) in [6.45, 7) is 3.77. The zero-order valence-electron chi connectivity index (χ0n) is 11.0. The highest BCUT2D eigenvalue weighted by Crippen LogP contribution is 2.41. The number of fused-ring (bicyclic) bond motifs is 2. The van der Waals surface area contributed by atoms with Crippen LogP contribution in [0.15, 0.2) is 29.0 Å². The van der Waals surface area contributed by atoms with Crippen LogP contribution in [-0.4, -0.2) is 22.2 Å². The fraction of sp³-hybridized carbons (Fsp3) is 0.267. The van der Waals surface area contributed by atoms with E-state index in [4.69, 9.17) is 4.74 Å². The van der Waals surface area contributed by atoms with Crippen LogP contribution in [-0.2, 0) is 4.74 Å². The average molecular weight is 285 g/mol. The van der Waals surface area contributed by atoms with Crippen molar-refractivity contribution in [1.82, 2.24) is 4.98 Å². The Morgan fingerprint density at radius 3 is 2.75 bits per heavy atom. The molecule has 2 heterocycles. The number of ketones is 2. The van der Waals surface area contributed by atoms with Crippen LogP contribution in [0.4, 0.5) is 0 Å². The van der Waals surface area contributed by atoms with Gasteiger partial charge in [-0.25, -0.2) is 4.98 Å². The van der Waals surface area contributed by atoms with Gasteiger partial charge in [0.2, 0.25) is 5.78 Å². The van der Waals surface area contributed by atoms with Gasteiger partial charge in [0.05, 0.1) is 21.3 Å². The molecule has 2 aliphatic rings. The summed E-state index contributed by atoms with van der Waals surface area (Å²) in [5.74, 6) is -0.0538. The molecule has 0 fully saturated rings. The molecule has 4 rings (SSSR count). The lowest BCUT2D eigenvalue weighted by Crippen LogP contribution is -2.20. The number of hydrogen-bond donors (Lipinski definition) is 0. The molecule has 0 atom stereocenters. The van der Waals surface area contributed by atoms with E-state index in [1.54, 1.807) is 17.6 Å². The largest absolute Gasteiger partial charge is 0.483 e. The third-order valence-corrected chi connectivity index (χ3v) is 4.49. The summed E-state index contributed by atoms with van der Waals surface area (Å²) in [5, 5.41) is 0. The molecule has 0 N–H and O–H groups in total. The van der Waals surface area contributed by atoms with Gasteiger partial charge in [0, 0.05) is 17.5 Å². The van der Waals surface area contributed by atoms with E-state index < -0.39 is 5.60 Å². The normalized spacial score (nSPS) is 20.1. The monoisotopic (exact) mass is 285 g/mol. The first kappa shape index (κ1) is 11.8. The summed E-state index contributed by atoms with van der Waals surface area (Å²) in [6, 6.07) is 3.47. The minimum absolute atomic E-state index is 0.102. The van der Waals surface area contributed by atoms with Gasteiger partial charge < -0.3 is 4.74 Å². The van der Waals surface area contributed by atoms with Gasteiger partial charge in [-0.3, -0.25) is 9.59 Å². The molecular weight excluding hydrogens is 274 g/mol. The Labute approximate surface area is 119 Å². The summed E-state index contributed by atoms with van der Waals surface area (Å²) >= 11 is 1.46. The topological polar surface area (TPSA) is 56.3 Å². The molecule has 100 valence electrons. The zero-order valence-corrected chi connectivity index (χ0v) is 11.8. The molecule has 2 aromatic rings. The summed E-state index contributed by atoms with van der Waals surface area (Å²) in [6.07, 6.45) is 0.474. The lowest BCUT2D eigenvalue weighted by molar-refractivity contribution is 0.0510. The average Bonchev–Trinajstić information content (AvgIpc) is 2.97. The van der Waals surface area contributed by atoms with E-state index in [0.717, 1.165) is 10.2 Å². The molecule has 4 nitrogen and oxygen atoms in total. The summed E-state index contributed by atoms with van der Waals surface area (Å²) in [4.78, 5) is 29.3. The molecule has 0 radical (unpaired) electrons. The first-order chi connectivity index (χ1) is 9.46. The third kappa shape index (κ3) is 1.44. The van der Waals surface area contributed by atoms with Gasteiger partial charge in [0.15, 0.2) is 11.5 Å². The van der Waals surface area contributed by atoms with Crippen molar-refractivity contribution in [2.75, 3.05) is 0 Å². The Bertz CT molecular complexity index is 765. The van der Waals surface area contributed by atoms with Crippen molar-refractivity contribution in [3.63, 3.8) is 0 Å². The van der Waals surface area contributed by atoms with Crippen molar-refractivity contribution in [3.8, 4) is 0 Å². The summed E-state index contributed by atoms with van der Waals surface area (Å²) < 4.78 is 6.59. The van der Waals surface area contributed by atoms with Gasteiger partial charge in [0.25, 0.3) is 0 Å². The molecule has 1 aliphatic carbocycles. The van der Waals surface area contributed by atoms with Crippen LogP contribution in [0.1, 0.15) is 41.0 Å². The number of Topliss-reactive ketones (excluding diaryl/α,β-unsaturated/α-hetero) is 2. The zero-order chi connectivity index (χ0) is 14.1. The molecule has 0 unspecified atom stereocenters. The third-order valence-electron chi connectivity index (χ3n) is 3.70. The number of carbonyl (C=O) groups excluding carboxylic acids is 2. The van der Waals surface area contributed by atoms with Gasteiger partial charge in [-0.1, -0.05) is 0 Å². The molecule has 0 amide bonds. The van der Waals surface area contributed by atoms with Gasteiger partial charge in [0.1, 0.15) is 5.60 Å². The van der Waals surface area contributed by atoms with Gasteiger partial charge in [-0.05, 0) is 26.0 Å². The summed E-state index contributed by atoms with van der Waals surface area (Å²) in [7, 11) is 0. The molecule has 0 saturated carbocycles. The Morgan fingerprint density at radius 2 is 1.95 bits per heavy atom. The highest BCUT2D eigenvalue weighted by Gasteiger charge is 2.43. The molecular formula is C15H11NO3S. The lowest BCUT2D eigenvalue weighted by Gasteiger charge is -2.19. The van der Waals surface area contributed by atoms with E-state index in [1.807, 2.05) is 13.8 Å². The highest BCUT2D eigenvalue weighted by molar-refractivity contribution is 7.16. The van der Waals surface area contributed by atoms with Crippen LogP contribution in [0.3, 0.4) is 0 Å². The number of thiazole rings is 1. The van der Waals surface area contributed by atoms with Gasteiger partial charge >= 0.3 is 0 Å². The van der Waals surface area contributed by atoms with Crippen LogP contribution in [0, 0.1) is 0 Å². The van der Waals surface area contributed by atoms with Crippen molar-refractivity contribution in [3.05, 3.63) is 40.1 Å². The van der Waals surface area contributed by atoms with Crippen LogP contribution >= 0.6 is 11.3 Å². The van der Waals surface area contributed by atoms with Crippen molar-refractivity contribution in [2.45, 2.75) is 25.9 Å². The predicted octanol–water partition coefficient (Wildman–Crippen LogP) is 3.13.